The number of halogens is 2. The molecule has 0 aliphatic rings. The normalized spacial score (nSPS) is 12.2. The Balaban J connectivity index is 2.70. The van der Waals surface area contributed by atoms with Gasteiger partial charge in [-0.15, -0.1) is 0 Å². The molecule has 0 heterocycles. The quantitative estimate of drug-likeness (QED) is 0.770. The molecule has 1 atom stereocenters. The van der Waals surface area contributed by atoms with Crippen molar-refractivity contribution in [1.82, 2.24) is 5.32 Å². The minimum Gasteiger partial charge on any atom is -0.485 e. The first kappa shape index (κ1) is 12.4. The van der Waals surface area contributed by atoms with E-state index in [1.807, 2.05) is 0 Å². The van der Waals surface area contributed by atoms with Crippen molar-refractivity contribution >= 4 is 5.91 Å². The zero-order valence-electron chi connectivity index (χ0n) is 8.67. The van der Waals surface area contributed by atoms with Crippen LogP contribution in [0, 0.1) is 11.6 Å². The molecule has 6 heteroatoms. The number of hydrogen-bond donors (Lipinski definition) is 2. The minimum absolute atomic E-state index is 0.232. The van der Waals surface area contributed by atoms with E-state index in [0.29, 0.717) is 0 Å². The molecule has 16 heavy (non-hydrogen) atoms. The van der Waals surface area contributed by atoms with Crippen molar-refractivity contribution in [2.24, 2.45) is 5.73 Å². The molecule has 1 aromatic rings. The van der Waals surface area contributed by atoms with Crippen LogP contribution >= 0.6 is 0 Å². The summed E-state index contributed by atoms with van der Waals surface area (Å²) in [5.41, 5.74) is 5.02. The van der Waals surface area contributed by atoms with Crippen molar-refractivity contribution in [1.29, 1.82) is 0 Å². The second-order valence-corrected chi connectivity index (χ2v) is 3.11. The molecule has 0 fully saturated rings. The van der Waals surface area contributed by atoms with Gasteiger partial charge in [0.15, 0.2) is 17.4 Å². The van der Waals surface area contributed by atoms with Crippen LogP contribution in [0.4, 0.5) is 8.78 Å². The largest absolute Gasteiger partial charge is 0.485 e. The summed E-state index contributed by atoms with van der Waals surface area (Å²) in [6.07, 6.45) is 0. The summed E-state index contributed by atoms with van der Waals surface area (Å²) in [6, 6.07) is 2.56. The van der Waals surface area contributed by atoms with Crippen LogP contribution in [0.5, 0.6) is 5.75 Å². The number of nitrogens with one attached hydrogen (secondary N) is 1. The second-order valence-electron chi connectivity index (χ2n) is 3.11. The Morgan fingerprint density at radius 3 is 2.50 bits per heavy atom. The van der Waals surface area contributed by atoms with Crippen LogP contribution < -0.4 is 15.8 Å². The lowest BCUT2D eigenvalue weighted by molar-refractivity contribution is -0.120. The van der Waals surface area contributed by atoms with Gasteiger partial charge in [-0.2, -0.15) is 0 Å². The van der Waals surface area contributed by atoms with Crippen molar-refractivity contribution in [3.05, 3.63) is 29.8 Å². The SMILES string of the molecule is CNC(COc1c(F)cccc1F)C(N)=O. The monoisotopic (exact) mass is 230 g/mol. The average Bonchev–Trinajstić information content (AvgIpc) is 2.22. The van der Waals surface area contributed by atoms with Crippen LogP contribution in [0.3, 0.4) is 0 Å². The van der Waals surface area contributed by atoms with Gasteiger partial charge in [0.25, 0.3) is 0 Å². The highest BCUT2D eigenvalue weighted by atomic mass is 19.1. The number of rotatable bonds is 5. The minimum atomic E-state index is -0.820. The molecule has 0 saturated heterocycles. The van der Waals surface area contributed by atoms with Gasteiger partial charge in [-0.05, 0) is 19.2 Å². The molecule has 0 aromatic heterocycles. The van der Waals surface area contributed by atoms with Gasteiger partial charge >= 0.3 is 0 Å². The van der Waals surface area contributed by atoms with E-state index >= 15 is 0 Å². The fraction of sp³-hybridized carbons (Fsp3) is 0.300. The van der Waals surface area contributed by atoms with Gasteiger partial charge in [0, 0.05) is 0 Å². The Morgan fingerprint density at radius 2 is 2.06 bits per heavy atom. The number of benzene rings is 1. The highest BCUT2D eigenvalue weighted by Crippen LogP contribution is 2.20. The van der Waals surface area contributed by atoms with Crippen LogP contribution in [-0.2, 0) is 4.79 Å². The third-order valence-electron chi connectivity index (χ3n) is 2.01. The number of carbonyl (C=O) groups excluding carboxylic acids is 1. The van der Waals surface area contributed by atoms with Crippen molar-refractivity contribution in [2.75, 3.05) is 13.7 Å². The van der Waals surface area contributed by atoms with Crippen molar-refractivity contribution in [3.63, 3.8) is 0 Å². The van der Waals surface area contributed by atoms with Crippen LogP contribution in [0.1, 0.15) is 0 Å². The molecule has 1 rings (SSSR count). The predicted octanol–water partition coefficient (Wildman–Crippen LogP) is 0.417. The molecular formula is C10H12F2N2O2. The van der Waals surface area contributed by atoms with E-state index in [1.165, 1.54) is 13.1 Å². The number of likely N-dealkylation sites (N-methyl/N-ethyl adjacent to an activating group) is 1. The number of amides is 1. The number of hydrogen-bond acceptors (Lipinski definition) is 3. The van der Waals surface area contributed by atoms with E-state index in [2.05, 4.69) is 5.32 Å². The molecule has 1 unspecified atom stereocenters. The van der Waals surface area contributed by atoms with Gasteiger partial charge < -0.3 is 15.8 Å². The summed E-state index contributed by atoms with van der Waals surface area (Å²) in [5, 5.41) is 2.57. The van der Waals surface area contributed by atoms with E-state index in [4.69, 9.17) is 10.5 Å². The Hall–Kier alpha value is -1.69. The average molecular weight is 230 g/mol. The molecule has 0 spiro atoms. The zero-order valence-corrected chi connectivity index (χ0v) is 8.67. The van der Waals surface area contributed by atoms with Gasteiger partial charge in [-0.1, -0.05) is 6.07 Å². The molecule has 1 amide bonds. The lowest BCUT2D eigenvalue weighted by Gasteiger charge is -2.14. The van der Waals surface area contributed by atoms with Crippen molar-refractivity contribution in [2.45, 2.75) is 6.04 Å². The molecule has 0 saturated carbocycles. The van der Waals surface area contributed by atoms with Crippen LogP contribution in [0.25, 0.3) is 0 Å². The highest BCUT2D eigenvalue weighted by Gasteiger charge is 2.16. The van der Waals surface area contributed by atoms with Gasteiger partial charge in [0.05, 0.1) is 0 Å². The maximum atomic E-state index is 13.1. The maximum Gasteiger partial charge on any atom is 0.238 e. The molecular weight excluding hydrogens is 218 g/mol. The standard InChI is InChI=1S/C10H12F2N2O2/c1-14-8(10(13)15)5-16-9-6(11)3-2-4-7(9)12/h2-4,8,14H,5H2,1H3,(H2,13,15). The summed E-state index contributed by atoms with van der Waals surface area (Å²) in [5.74, 6) is -2.80. The molecule has 0 aliphatic heterocycles. The summed E-state index contributed by atoms with van der Waals surface area (Å²) in [7, 11) is 1.50. The van der Waals surface area contributed by atoms with Crippen LogP contribution in [0.15, 0.2) is 18.2 Å². The van der Waals surface area contributed by atoms with Crippen molar-refractivity contribution < 1.29 is 18.3 Å². The van der Waals surface area contributed by atoms with Gasteiger partial charge in [-0.25, -0.2) is 8.78 Å². The highest BCUT2D eigenvalue weighted by molar-refractivity contribution is 5.79. The Labute approximate surface area is 91.4 Å². The summed E-state index contributed by atoms with van der Waals surface area (Å²) in [6.45, 7) is -0.232. The third-order valence-corrected chi connectivity index (χ3v) is 2.01. The number of carbonyl (C=O) groups is 1. The van der Waals surface area contributed by atoms with Crippen LogP contribution in [0.2, 0.25) is 0 Å². The fourth-order valence-corrected chi connectivity index (χ4v) is 1.09. The van der Waals surface area contributed by atoms with E-state index in [9.17, 15) is 13.6 Å². The van der Waals surface area contributed by atoms with E-state index in [1.54, 1.807) is 0 Å². The van der Waals surface area contributed by atoms with Gasteiger partial charge in [0.1, 0.15) is 12.6 Å². The first-order chi connectivity index (χ1) is 7.56. The number of nitrogens with two attached hydrogens (primary N) is 1. The Kier molecular flexibility index (Phi) is 4.19. The Bertz CT molecular complexity index is 365. The Morgan fingerprint density at radius 1 is 1.50 bits per heavy atom. The zero-order chi connectivity index (χ0) is 12.1. The first-order valence-corrected chi connectivity index (χ1v) is 4.59. The molecule has 88 valence electrons. The van der Waals surface area contributed by atoms with Crippen molar-refractivity contribution in [3.8, 4) is 5.75 Å². The van der Waals surface area contributed by atoms with E-state index in [0.717, 1.165) is 12.1 Å². The van der Waals surface area contributed by atoms with E-state index < -0.39 is 29.3 Å². The molecule has 4 nitrogen and oxygen atoms in total. The van der Waals surface area contributed by atoms with E-state index in [-0.39, 0.29) is 6.61 Å². The predicted molar refractivity (Wildman–Crippen MR) is 53.9 cm³/mol. The number of ether oxygens (including phenoxy) is 1. The summed E-state index contributed by atoms with van der Waals surface area (Å²) in [4.78, 5) is 10.8. The smallest absolute Gasteiger partial charge is 0.238 e. The summed E-state index contributed by atoms with van der Waals surface area (Å²) >= 11 is 0. The molecule has 1 aromatic carbocycles. The second kappa shape index (κ2) is 5.41. The van der Waals surface area contributed by atoms with Crippen LogP contribution in [-0.4, -0.2) is 25.6 Å². The number of primary amides is 1. The lowest BCUT2D eigenvalue weighted by Crippen LogP contribution is -2.43. The number of para-hydroxylation sites is 1. The maximum absolute atomic E-state index is 13.1. The first-order valence-electron chi connectivity index (χ1n) is 4.59. The molecule has 3 N–H and O–H groups in total. The fourth-order valence-electron chi connectivity index (χ4n) is 1.09. The topological polar surface area (TPSA) is 64.3 Å². The third kappa shape index (κ3) is 2.90. The molecule has 0 radical (unpaired) electrons. The molecule has 0 aliphatic carbocycles. The lowest BCUT2D eigenvalue weighted by atomic mass is 10.3. The molecule has 0 bridgehead atoms. The van der Waals surface area contributed by atoms with Gasteiger partial charge in [0.2, 0.25) is 5.91 Å². The summed E-state index contributed by atoms with van der Waals surface area (Å²) < 4.78 is 31.1. The van der Waals surface area contributed by atoms with Gasteiger partial charge in [-0.3, -0.25) is 4.79 Å².